The van der Waals surface area contributed by atoms with E-state index in [2.05, 4.69) is 36.5 Å². The molecule has 0 radical (unpaired) electrons. The van der Waals surface area contributed by atoms with Crippen LogP contribution in [-0.2, 0) is 4.79 Å². The maximum absolute atomic E-state index is 12.3. The van der Waals surface area contributed by atoms with Gasteiger partial charge in [0.15, 0.2) is 0 Å². The molecule has 0 aliphatic rings. The second kappa shape index (κ2) is 44.0. The summed E-state index contributed by atoms with van der Waals surface area (Å²) in [4.78, 5) is 12.3. The minimum atomic E-state index is -0.865. The first-order valence-electron chi connectivity index (χ1n) is 23.2. The summed E-state index contributed by atoms with van der Waals surface area (Å²) in [6.45, 7) is 4.07. The predicted octanol–water partition coefficient (Wildman–Crippen LogP) is 14.6. The molecule has 0 aromatic heterocycles. The van der Waals surface area contributed by atoms with Gasteiger partial charge in [-0.05, 0) is 39.0 Å². The van der Waals surface area contributed by atoms with Gasteiger partial charge >= 0.3 is 0 Å². The van der Waals surface area contributed by atoms with E-state index in [1.54, 1.807) is 6.08 Å². The van der Waals surface area contributed by atoms with Gasteiger partial charge in [-0.2, -0.15) is 0 Å². The van der Waals surface area contributed by atoms with Crippen LogP contribution in [0.15, 0.2) is 36.5 Å². The third-order valence-corrected chi connectivity index (χ3v) is 10.7. The lowest BCUT2D eigenvalue weighted by atomic mass is 10.0. The highest BCUT2D eigenvalue weighted by Crippen LogP contribution is 2.17. The topological polar surface area (TPSA) is 69.6 Å². The number of carbonyl (C=O) groups is 1. The summed E-state index contributed by atoms with van der Waals surface area (Å²) in [5, 5.41) is 22.8. The van der Waals surface area contributed by atoms with Crippen LogP contribution < -0.4 is 5.32 Å². The number of nitrogens with one attached hydrogen (secondary N) is 1. The number of hydrogen-bond acceptors (Lipinski definition) is 3. The minimum absolute atomic E-state index is 0.0778. The van der Waals surface area contributed by atoms with Gasteiger partial charge < -0.3 is 15.5 Å². The molecule has 0 aromatic rings. The highest BCUT2D eigenvalue weighted by molar-refractivity contribution is 5.76. The fourth-order valence-corrected chi connectivity index (χ4v) is 7.16. The van der Waals surface area contributed by atoms with Crippen LogP contribution in [0.4, 0.5) is 0 Å². The fourth-order valence-electron chi connectivity index (χ4n) is 7.16. The van der Waals surface area contributed by atoms with Gasteiger partial charge in [-0.15, -0.1) is 0 Å². The van der Waals surface area contributed by atoms with E-state index < -0.39 is 12.1 Å². The van der Waals surface area contributed by atoms with Crippen molar-refractivity contribution in [3.63, 3.8) is 0 Å². The van der Waals surface area contributed by atoms with Gasteiger partial charge in [0, 0.05) is 6.42 Å². The Morgan fingerprint density at radius 1 is 0.481 bits per heavy atom. The zero-order valence-corrected chi connectivity index (χ0v) is 35.1. The number of aliphatic hydroxyl groups excluding tert-OH is 2. The quantitative estimate of drug-likeness (QED) is 0.0433. The zero-order chi connectivity index (χ0) is 37.8. The first-order valence-corrected chi connectivity index (χ1v) is 23.2. The molecule has 0 saturated heterocycles. The van der Waals surface area contributed by atoms with Crippen LogP contribution >= 0.6 is 0 Å². The normalized spacial score (nSPS) is 13.2. The number of aliphatic hydroxyl groups is 2. The molecule has 0 aliphatic heterocycles. The van der Waals surface area contributed by atoms with Crippen LogP contribution in [0.25, 0.3) is 0 Å². The predicted molar refractivity (Wildman–Crippen MR) is 230 cm³/mol. The number of rotatable bonds is 42. The Morgan fingerprint density at radius 2 is 0.788 bits per heavy atom. The molecule has 0 spiro atoms. The first kappa shape index (κ1) is 50.6. The second-order valence-corrected chi connectivity index (χ2v) is 15.8. The van der Waals surface area contributed by atoms with E-state index in [1.807, 2.05) is 13.0 Å². The third-order valence-electron chi connectivity index (χ3n) is 10.7. The van der Waals surface area contributed by atoms with Gasteiger partial charge in [0.25, 0.3) is 0 Å². The maximum atomic E-state index is 12.3. The highest BCUT2D eigenvalue weighted by atomic mass is 16.3. The van der Waals surface area contributed by atoms with Crippen LogP contribution in [0.1, 0.15) is 245 Å². The van der Waals surface area contributed by atoms with Crippen LogP contribution in [0.2, 0.25) is 0 Å². The van der Waals surface area contributed by atoms with Crippen molar-refractivity contribution in [1.82, 2.24) is 5.32 Å². The van der Waals surface area contributed by atoms with Gasteiger partial charge in [-0.25, -0.2) is 0 Å². The molecule has 0 saturated carbocycles. The number of carbonyl (C=O) groups excluding carboxylic acids is 1. The van der Waals surface area contributed by atoms with Gasteiger partial charge in [0.05, 0.1) is 18.8 Å². The monoisotopic (exact) mass is 730 g/mol. The van der Waals surface area contributed by atoms with E-state index in [-0.39, 0.29) is 12.5 Å². The molecule has 1 amide bonds. The molecule has 3 N–H and O–H groups in total. The van der Waals surface area contributed by atoms with Crippen molar-refractivity contribution < 1.29 is 15.0 Å². The number of unbranched alkanes of at least 4 members (excludes halogenated alkanes) is 32. The average Bonchev–Trinajstić information content (AvgIpc) is 3.15. The lowest BCUT2D eigenvalue weighted by Crippen LogP contribution is -2.45. The number of hydrogen-bond donors (Lipinski definition) is 3. The van der Waals surface area contributed by atoms with Gasteiger partial charge in [-0.1, -0.05) is 236 Å². The lowest BCUT2D eigenvalue weighted by Gasteiger charge is -2.19. The van der Waals surface area contributed by atoms with E-state index in [1.165, 1.54) is 186 Å². The Kier molecular flexibility index (Phi) is 42.8. The molecule has 0 aromatic carbocycles. The zero-order valence-electron chi connectivity index (χ0n) is 35.1. The summed E-state index contributed by atoms with van der Waals surface area (Å²) >= 11 is 0. The van der Waals surface area contributed by atoms with Crippen molar-refractivity contribution >= 4 is 5.91 Å². The van der Waals surface area contributed by atoms with Crippen LogP contribution in [0.5, 0.6) is 0 Å². The summed E-state index contributed by atoms with van der Waals surface area (Å²) in [5.74, 6) is -0.0778. The molecule has 0 aliphatic carbocycles. The Labute approximate surface area is 325 Å². The first-order chi connectivity index (χ1) is 25.7. The molecule has 2 atom stereocenters. The van der Waals surface area contributed by atoms with Crippen LogP contribution in [0.3, 0.4) is 0 Å². The summed E-state index contributed by atoms with van der Waals surface area (Å²) in [5.41, 5.74) is 0. The van der Waals surface area contributed by atoms with Crippen molar-refractivity contribution in [2.45, 2.75) is 257 Å². The Bertz CT molecular complexity index is 790. The van der Waals surface area contributed by atoms with Crippen molar-refractivity contribution in [2.24, 2.45) is 0 Å². The highest BCUT2D eigenvalue weighted by Gasteiger charge is 2.17. The molecule has 4 nitrogen and oxygen atoms in total. The number of allylic oxidation sites excluding steroid dienone is 5. The summed E-state index contributed by atoms with van der Waals surface area (Å²) in [7, 11) is 0. The summed E-state index contributed by atoms with van der Waals surface area (Å²) in [6, 6.07) is -0.640. The molecule has 52 heavy (non-hydrogen) atoms. The molecule has 306 valence electrons. The largest absolute Gasteiger partial charge is 0.394 e. The van der Waals surface area contributed by atoms with Crippen molar-refractivity contribution in [1.29, 1.82) is 0 Å². The Balaban J connectivity index is 3.38. The maximum Gasteiger partial charge on any atom is 0.220 e. The smallest absolute Gasteiger partial charge is 0.220 e. The van der Waals surface area contributed by atoms with Gasteiger partial charge in [-0.3, -0.25) is 4.79 Å². The van der Waals surface area contributed by atoms with E-state index in [4.69, 9.17) is 0 Å². The Morgan fingerprint density at radius 3 is 1.12 bits per heavy atom. The molecular weight excluding hydrogens is 639 g/mol. The third kappa shape index (κ3) is 39.8. The van der Waals surface area contributed by atoms with E-state index in [0.29, 0.717) is 6.42 Å². The molecule has 2 unspecified atom stereocenters. The van der Waals surface area contributed by atoms with Crippen molar-refractivity contribution in [3.8, 4) is 0 Å². The lowest BCUT2D eigenvalue weighted by molar-refractivity contribution is -0.123. The molecular formula is C48H91NO3. The van der Waals surface area contributed by atoms with Gasteiger partial charge in [0.1, 0.15) is 0 Å². The van der Waals surface area contributed by atoms with Gasteiger partial charge in [0.2, 0.25) is 5.91 Å². The fraction of sp³-hybridized carbons (Fsp3) is 0.854. The average molecular weight is 730 g/mol. The molecule has 0 fully saturated rings. The molecule has 0 heterocycles. The standard InChI is InChI=1S/C48H91NO3/c1-3-5-7-9-11-13-14-15-16-17-18-19-20-21-22-23-24-25-26-27-28-29-30-31-32-33-34-36-38-40-42-44-48(52)49-46(45-50)47(51)43-41-39-37-35-12-10-8-6-4-2/h4,6,12,35,41,43,46-47,50-51H,3,5,7-11,13-34,36-40,42,44-45H2,1-2H3,(H,49,52)/b6-4+,35-12+,43-41+. The van der Waals surface area contributed by atoms with Crippen LogP contribution in [-0.4, -0.2) is 34.9 Å². The Hall–Kier alpha value is -1.39. The van der Waals surface area contributed by atoms with E-state index >= 15 is 0 Å². The molecule has 4 heteroatoms. The van der Waals surface area contributed by atoms with Crippen molar-refractivity contribution in [2.75, 3.05) is 6.61 Å². The second-order valence-electron chi connectivity index (χ2n) is 15.8. The summed E-state index contributed by atoms with van der Waals surface area (Å²) < 4.78 is 0. The van der Waals surface area contributed by atoms with E-state index in [0.717, 1.165) is 38.5 Å². The molecule has 0 bridgehead atoms. The minimum Gasteiger partial charge on any atom is -0.394 e. The SMILES string of the molecule is C/C=C/CC/C=C/CC/C=C/C(O)C(CO)NC(=O)CCCCCCCCCCCCCCCCCCCCCCCCCCCCCCCCC. The summed E-state index contributed by atoms with van der Waals surface area (Å²) in [6.07, 6.45) is 58.8. The van der Waals surface area contributed by atoms with E-state index in [9.17, 15) is 15.0 Å². The van der Waals surface area contributed by atoms with Crippen molar-refractivity contribution in [3.05, 3.63) is 36.5 Å². The van der Waals surface area contributed by atoms with Crippen LogP contribution in [0, 0.1) is 0 Å². The number of amides is 1. The molecule has 0 rings (SSSR count).